The highest BCUT2D eigenvalue weighted by Gasteiger charge is 2.52. The van der Waals surface area contributed by atoms with Crippen molar-refractivity contribution in [3.8, 4) is 0 Å². The summed E-state index contributed by atoms with van der Waals surface area (Å²) in [5, 5.41) is 7.92. The van der Waals surface area contributed by atoms with Crippen molar-refractivity contribution in [1.82, 2.24) is 15.4 Å². The molecule has 1 aliphatic heterocycles. The molecule has 16 nitrogen and oxygen atoms in total. The van der Waals surface area contributed by atoms with Crippen LogP contribution in [-0.2, 0) is 40.4 Å². The first-order valence-electron chi connectivity index (χ1n) is 9.63. The Kier molecular flexibility index (Phi) is 8.12. The first kappa shape index (κ1) is 25.7. The summed E-state index contributed by atoms with van der Waals surface area (Å²) in [6.45, 7) is -0.158. The molecule has 1 saturated heterocycles. The maximum atomic E-state index is 12.9. The van der Waals surface area contributed by atoms with E-state index in [4.69, 9.17) is 20.9 Å². The van der Waals surface area contributed by atoms with Crippen LogP contribution < -0.4 is 21.4 Å². The van der Waals surface area contributed by atoms with E-state index in [0.29, 0.717) is 6.54 Å². The number of carbonyl (C=O) groups is 3. The number of amides is 3. The molecular weight excluding hydrogens is 510 g/mol. The zero-order valence-electron chi connectivity index (χ0n) is 17.7. The summed E-state index contributed by atoms with van der Waals surface area (Å²) in [6.07, 6.45) is 2.38. The number of thiazole rings is 1. The standard InChI is InChI=1S/C17H19N7O9S2/c18-16-20-10(9-34-16)12(22-32-7-6-23-4-2-1-3-5-23)14(25)21-13-11(8-31-17(19)27)24(15(13)26)33-35(28,29)30/h1-5,9,11,13H,6-8H2,(H5-,18,19,20,21,25,27,28,29,30)/p+1/b22-12-. The van der Waals surface area contributed by atoms with Crippen LogP contribution in [0, 0.1) is 0 Å². The molecule has 0 spiro atoms. The van der Waals surface area contributed by atoms with Gasteiger partial charge in [0.1, 0.15) is 24.4 Å². The SMILES string of the molecule is NC(=O)OCC1C(NC(=O)/C(=N\OCC[n+]2ccccc2)c2csc(N)n2)C(=O)N1OS(=O)(=O)O. The van der Waals surface area contributed by atoms with Gasteiger partial charge in [0.25, 0.3) is 11.8 Å². The van der Waals surface area contributed by atoms with Gasteiger partial charge in [-0.15, -0.1) is 15.6 Å². The largest absolute Gasteiger partial charge is 0.447 e. The summed E-state index contributed by atoms with van der Waals surface area (Å²) >= 11 is 1.03. The summed E-state index contributed by atoms with van der Waals surface area (Å²) in [6, 6.07) is 2.73. The first-order chi connectivity index (χ1) is 16.5. The lowest BCUT2D eigenvalue weighted by atomic mass is 9.98. The second-order valence-corrected chi connectivity index (χ2v) is 8.67. The molecule has 188 valence electrons. The fourth-order valence-corrected chi connectivity index (χ4v) is 3.79. The number of hydroxylamine groups is 2. The van der Waals surface area contributed by atoms with Gasteiger partial charge in [0.15, 0.2) is 36.4 Å². The van der Waals surface area contributed by atoms with E-state index in [1.807, 2.05) is 22.8 Å². The van der Waals surface area contributed by atoms with Crippen LogP contribution in [0.4, 0.5) is 9.93 Å². The van der Waals surface area contributed by atoms with Crippen LogP contribution >= 0.6 is 11.3 Å². The lowest BCUT2D eigenvalue weighted by molar-refractivity contribution is -0.698. The van der Waals surface area contributed by atoms with Gasteiger partial charge >= 0.3 is 16.5 Å². The van der Waals surface area contributed by atoms with E-state index in [0.717, 1.165) is 11.3 Å². The third-order valence-electron chi connectivity index (χ3n) is 4.38. The van der Waals surface area contributed by atoms with E-state index in [2.05, 4.69) is 24.5 Å². The molecule has 0 radical (unpaired) electrons. The number of ether oxygens (including phenoxy) is 1. The number of primary amides is 1. The molecule has 2 aromatic rings. The Morgan fingerprint density at radius 3 is 2.63 bits per heavy atom. The van der Waals surface area contributed by atoms with Gasteiger partial charge in [-0.2, -0.15) is 13.5 Å². The Balaban J connectivity index is 1.73. The van der Waals surface area contributed by atoms with E-state index < -0.39 is 47.0 Å². The zero-order valence-corrected chi connectivity index (χ0v) is 19.3. The number of β-lactam (4-membered cyclic amide) rings is 1. The average Bonchev–Trinajstić information content (AvgIpc) is 3.22. The third kappa shape index (κ3) is 7.06. The highest BCUT2D eigenvalue weighted by atomic mass is 32.3. The van der Waals surface area contributed by atoms with Crippen LogP contribution in [-0.4, -0.2) is 71.9 Å². The second kappa shape index (κ2) is 11.0. The van der Waals surface area contributed by atoms with E-state index >= 15 is 0 Å². The monoisotopic (exact) mass is 530 g/mol. The lowest BCUT2D eigenvalue weighted by Crippen LogP contribution is -2.72. The molecule has 1 fully saturated rings. The fraction of sp³-hybridized carbons (Fsp3) is 0.294. The molecule has 2 atom stereocenters. The summed E-state index contributed by atoms with van der Waals surface area (Å²) < 4.78 is 41.4. The number of nitrogens with two attached hydrogens (primary N) is 2. The first-order valence-corrected chi connectivity index (χ1v) is 11.9. The molecule has 3 amide bonds. The van der Waals surface area contributed by atoms with Gasteiger partial charge in [0.05, 0.1) is 0 Å². The number of hydrogen-bond acceptors (Lipinski definition) is 12. The molecular formula is C17H20N7O9S2+. The van der Waals surface area contributed by atoms with Gasteiger partial charge in [0, 0.05) is 17.5 Å². The molecule has 2 aromatic heterocycles. The molecule has 3 rings (SSSR count). The number of oxime groups is 1. The Hall–Kier alpha value is -3.87. The van der Waals surface area contributed by atoms with Crippen molar-refractivity contribution in [3.05, 3.63) is 41.7 Å². The minimum absolute atomic E-state index is 0.0557. The molecule has 0 aromatic carbocycles. The van der Waals surface area contributed by atoms with Crippen molar-refractivity contribution in [3.63, 3.8) is 0 Å². The molecule has 0 aliphatic carbocycles. The van der Waals surface area contributed by atoms with Crippen molar-refractivity contribution >= 4 is 50.5 Å². The highest BCUT2D eigenvalue weighted by Crippen LogP contribution is 2.23. The van der Waals surface area contributed by atoms with Crippen molar-refractivity contribution in [2.45, 2.75) is 18.6 Å². The Labute approximate surface area is 202 Å². The number of carbonyl (C=O) groups excluding carboxylic acids is 3. The van der Waals surface area contributed by atoms with E-state index in [1.54, 1.807) is 12.4 Å². The van der Waals surface area contributed by atoms with E-state index in [9.17, 15) is 22.8 Å². The van der Waals surface area contributed by atoms with Crippen LogP contribution in [0.1, 0.15) is 5.69 Å². The molecule has 35 heavy (non-hydrogen) atoms. The number of pyridine rings is 1. The molecule has 18 heteroatoms. The number of aromatic nitrogens is 2. The Bertz CT molecular complexity index is 1220. The number of nitrogen functional groups attached to an aromatic ring is 1. The summed E-state index contributed by atoms with van der Waals surface area (Å²) in [5.74, 6) is -2.00. The molecule has 0 bridgehead atoms. The van der Waals surface area contributed by atoms with Gasteiger partial charge in [-0.25, -0.2) is 14.3 Å². The molecule has 3 heterocycles. The minimum Gasteiger partial charge on any atom is -0.447 e. The normalized spacial score (nSPS) is 18.0. The van der Waals surface area contributed by atoms with Gasteiger partial charge in [-0.1, -0.05) is 11.2 Å². The Morgan fingerprint density at radius 1 is 1.31 bits per heavy atom. The topological polar surface area (TPSA) is 230 Å². The van der Waals surface area contributed by atoms with E-state index in [-0.39, 0.29) is 28.2 Å². The molecule has 6 N–H and O–H groups in total. The van der Waals surface area contributed by atoms with Crippen molar-refractivity contribution in [2.75, 3.05) is 18.9 Å². The van der Waals surface area contributed by atoms with Crippen LogP contribution in [0.3, 0.4) is 0 Å². The van der Waals surface area contributed by atoms with Gasteiger partial charge < -0.3 is 26.4 Å². The molecule has 1 aliphatic rings. The summed E-state index contributed by atoms with van der Waals surface area (Å²) in [4.78, 5) is 45.4. The maximum absolute atomic E-state index is 12.9. The zero-order chi connectivity index (χ0) is 25.6. The van der Waals surface area contributed by atoms with Gasteiger partial charge in [0.2, 0.25) is 0 Å². The highest BCUT2D eigenvalue weighted by molar-refractivity contribution is 7.80. The average molecular weight is 531 g/mol. The predicted octanol–water partition coefficient (Wildman–Crippen LogP) is -2.04. The van der Waals surface area contributed by atoms with Gasteiger partial charge in [-0.3, -0.25) is 14.1 Å². The van der Waals surface area contributed by atoms with E-state index in [1.165, 1.54) is 5.38 Å². The van der Waals surface area contributed by atoms with Crippen LogP contribution in [0.15, 0.2) is 41.1 Å². The van der Waals surface area contributed by atoms with Crippen molar-refractivity contribution in [1.29, 1.82) is 0 Å². The van der Waals surface area contributed by atoms with Crippen LogP contribution in [0.2, 0.25) is 0 Å². The van der Waals surface area contributed by atoms with Crippen molar-refractivity contribution < 1.29 is 45.8 Å². The molecule has 2 unspecified atom stereocenters. The molecule has 0 saturated carbocycles. The summed E-state index contributed by atoms with van der Waals surface area (Å²) in [7, 11) is -5.08. The van der Waals surface area contributed by atoms with Crippen molar-refractivity contribution in [2.24, 2.45) is 10.9 Å². The number of rotatable bonds is 11. The third-order valence-corrected chi connectivity index (χ3v) is 5.40. The summed E-state index contributed by atoms with van der Waals surface area (Å²) in [5.41, 5.74) is 10.3. The number of nitrogens with zero attached hydrogens (tertiary/aromatic N) is 4. The maximum Gasteiger partial charge on any atom is 0.418 e. The number of nitrogens with one attached hydrogen (secondary N) is 1. The number of anilines is 1. The van der Waals surface area contributed by atoms with Crippen LogP contribution in [0.5, 0.6) is 0 Å². The Morgan fingerprint density at radius 2 is 2.03 bits per heavy atom. The predicted molar refractivity (Wildman–Crippen MR) is 116 cm³/mol. The van der Waals surface area contributed by atoms with Gasteiger partial charge in [-0.05, 0) is 0 Å². The second-order valence-electron chi connectivity index (χ2n) is 6.77. The van der Waals surface area contributed by atoms with Crippen LogP contribution in [0.25, 0.3) is 0 Å². The smallest absolute Gasteiger partial charge is 0.418 e. The fourth-order valence-electron chi connectivity index (χ4n) is 2.85. The quantitative estimate of drug-likeness (QED) is 0.0617. The lowest BCUT2D eigenvalue weighted by Gasteiger charge is -2.43. The minimum atomic E-state index is -5.08. The number of hydrogen-bond donors (Lipinski definition) is 4.